The maximum Gasteiger partial charge on any atom is 0.0108 e. The Morgan fingerprint density at radius 3 is 2.88 bits per heavy atom. The molecule has 0 amide bonds. The van der Waals surface area contributed by atoms with Gasteiger partial charge < -0.3 is 5.32 Å². The maximum absolute atomic E-state index is 3.65. The van der Waals surface area contributed by atoms with Gasteiger partial charge in [-0.25, -0.2) is 0 Å². The Kier molecular flexibility index (Phi) is 5.53. The van der Waals surface area contributed by atoms with Gasteiger partial charge in [-0.05, 0) is 54.1 Å². The van der Waals surface area contributed by atoms with Crippen LogP contribution in [0.1, 0.15) is 51.0 Å². The van der Waals surface area contributed by atoms with Crippen LogP contribution in [-0.4, -0.2) is 12.6 Å². The van der Waals surface area contributed by atoms with Crippen LogP contribution in [0.5, 0.6) is 0 Å². The number of nitrogens with one attached hydrogen (secondary N) is 1. The lowest BCUT2D eigenvalue weighted by molar-refractivity contribution is 0.407. The number of rotatable bonds is 7. The molecular formula is C15H25NS. The van der Waals surface area contributed by atoms with Gasteiger partial charge in [-0.3, -0.25) is 0 Å². The van der Waals surface area contributed by atoms with Crippen LogP contribution in [0.4, 0.5) is 0 Å². The van der Waals surface area contributed by atoms with Crippen molar-refractivity contribution in [2.75, 3.05) is 6.54 Å². The molecule has 1 aliphatic rings. The van der Waals surface area contributed by atoms with E-state index in [9.17, 15) is 0 Å². The fourth-order valence-electron chi connectivity index (χ4n) is 2.99. The fraction of sp³-hybridized carbons (Fsp3) is 0.733. The van der Waals surface area contributed by atoms with E-state index in [2.05, 4.69) is 29.1 Å². The van der Waals surface area contributed by atoms with Crippen molar-refractivity contribution in [2.45, 2.75) is 57.9 Å². The van der Waals surface area contributed by atoms with Crippen molar-refractivity contribution >= 4 is 11.3 Å². The molecule has 0 aromatic carbocycles. The van der Waals surface area contributed by atoms with E-state index in [1.165, 1.54) is 50.5 Å². The highest BCUT2D eigenvalue weighted by Crippen LogP contribution is 2.29. The zero-order chi connectivity index (χ0) is 11.9. The third-order valence-electron chi connectivity index (χ3n) is 3.95. The van der Waals surface area contributed by atoms with Crippen LogP contribution in [0, 0.1) is 5.92 Å². The third kappa shape index (κ3) is 4.44. The summed E-state index contributed by atoms with van der Waals surface area (Å²) in [5.41, 5.74) is 1.51. The van der Waals surface area contributed by atoms with E-state index >= 15 is 0 Å². The van der Waals surface area contributed by atoms with Gasteiger partial charge in [0.1, 0.15) is 0 Å². The Labute approximate surface area is 110 Å². The summed E-state index contributed by atoms with van der Waals surface area (Å²) in [4.78, 5) is 0. The number of hydrogen-bond acceptors (Lipinski definition) is 2. The van der Waals surface area contributed by atoms with Gasteiger partial charge in [0.25, 0.3) is 0 Å². The molecule has 17 heavy (non-hydrogen) atoms. The lowest BCUT2D eigenvalue weighted by Gasteiger charge is -2.19. The second-order valence-electron chi connectivity index (χ2n) is 5.32. The zero-order valence-electron chi connectivity index (χ0n) is 11.0. The molecular weight excluding hydrogens is 226 g/mol. The Hall–Kier alpha value is -0.340. The average Bonchev–Trinajstić information content (AvgIpc) is 2.99. The first-order valence-corrected chi connectivity index (χ1v) is 8.07. The second-order valence-corrected chi connectivity index (χ2v) is 6.10. The van der Waals surface area contributed by atoms with E-state index in [1.54, 1.807) is 0 Å². The number of hydrogen-bond donors (Lipinski definition) is 1. The Balaban J connectivity index is 1.75. The third-order valence-corrected chi connectivity index (χ3v) is 4.69. The lowest BCUT2D eigenvalue weighted by atomic mass is 9.96. The van der Waals surface area contributed by atoms with Crippen LogP contribution in [0.2, 0.25) is 0 Å². The van der Waals surface area contributed by atoms with E-state index in [-0.39, 0.29) is 0 Å². The minimum Gasteiger partial charge on any atom is -0.314 e. The molecule has 0 radical (unpaired) electrons. The zero-order valence-corrected chi connectivity index (χ0v) is 11.8. The summed E-state index contributed by atoms with van der Waals surface area (Å²) >= 11 is 1.82. The molecule has 0 bridgehead atoms. The molecule has 96 valence electrons. The Bertz CT molecular complexity index is 288. The summed E-state index contributed by atoms with van der Waals surface area (Å²) in [6.45, 7) is 3.32. The van der Waals surface area contributed by atoms with Crippen LogP contribution < -0.4 is 5.32 Å². The molecule has 1 N–H and O–H groups in total. The summed E-state index contributed by atoms with van der Waals surface area (Å²) in [6, 6.07) is 2.96. The van der Waals surface area contributed by atoms with Crippen molar-refractivity contribution in [1.29, 1.82) is 0 Å². The van der Waals surface area contributed by atoms with Gasteiger partial charge in [-0.2, -0.15) is 11.3 Å². The molecule has 1 nitrogen and oxygen atoms in total. The van der Waals surface area contributed by atoms with Gasteiger partial charge in [-0.1, -0.05) is 32.6 Å². The highest BCUT2D eigenvalue weighted by molar-refractivity contribution is 7.07. The quantitative estimate of drug-likeness (QED) is 0.764. The first-order valence-electron chi connectivity index (χ1n) is 7.13. The van der Waals surface area contributed by atoms with Crippen molar-refractivity contribution in [2.24, 2.45) is 5.92 Å². The van der Waals surface area contributed by atoms with Gasteiger partial charge in [0, 0.05) is 6.04 Å². The van der Waals surface area contributed by atoms with Crippen LogP contribution in [0.15, 0.2) is 16.8 Å². The van der Waals surface area contributed by atoms with Gasteiger partial charge in [0.15, 0.2) is 0 Å². The highest BCUT2D eigenvalue weighted by atomic mass is 32.1. The monoisotopic (exact) mass is 251 g/mol. The standard InChI is InChI=1S/C15H25NS/c1-2-16-15(11-14-9-10-17-12-14)8-7-13-5-3-4-6-13/h9-10,12-13,15-16H,2-8,11H2,1H3. The van der Waals surface area contributed by atoms with Crippen molar-refractivity contribution in [3.8, 4) is 0 Å². The molecule has 1 aromatic heterocycles. The summed E-state index contributed by atoms with van der Waals surface area (Å²) in [5.74, 6) is 1.03. The Morgan fingerprint density at radius 2 is 2.24 bits per heavy atom. The molecule has 1 aliphatic carbocycles. The van der Waals surface area contributed by atoms with Gasteiger partial charge >= 0.3 is 0 Å². The molecule has 1 aromatic rings. The normalized spacial score (nSPS) is 18.6. The molecule has 0 saturated heterocycles. The summed E-state index contributed by atoms with van der Waals surface area (Å²) in [7, 11) is 0. The van der Waals surface area contributed by atoms with Gasteiger partial charge in [0.05, 0.1) is 0 Å². The first-order chi connectivity index (χ1) is 8.38. The number of likely N-dealkylation sites (N-methyl/N-ethyl adjacent to an activating group) is 1. The molecule has 1 saturated carbocycles. The first kappa shape index (κ1) is 13.1. The van der Waals surface area contributed by atoms with Crippen molar-refractivity contribution < 1.29 is 0 Å². The molecule has 1 atom stereocenters. The molecule has 2 heteroatoms. The highest BCUT2D eigenvalue weighted by Gasteiger charge is 2.17. The van der Waals surface area contributed by atoms with E-state index in [0.717, 1.165) is 12.5 Å². The Morgan fingerprint density at radius 1 is 1.41 bits per heavy atom. The topological polar surface area (TPSA) is 12.0 Å². The second kappa shape index (κ2) is 7.17. The van der Waals surface area contributed by atoms with Gasteiger partial charge in [-0.15, -0.1) is 0 Å². The molecule has 2 rings (SSSR count). The summed E-state index contributed by atoms with van der Waals surface area (Å²) in [5, 5.41) is 8.13. The summed E-state index contributed by atoms with van der Waals surface area (Å²) in [6.07, 6.45) is 9.91. The SMILES string of the molecule is CCNC(CCC1CCCC1)Cc1ccsc1. The van der Waals surface area contributed by atoms with E-state index in [0.29, 0.717) is 6.04 Å². The van der Waals surface area contributed by atoms with E-state index in [4.69, 9.17) is 0 Å². The van der Waals surface area contributed by atoms with Crippen LogP contribution in [0.25, 0.3) is 0 Å². The minimum atomic E-state index is 0.690. The maximum atomic E-state index is 3.65. The fourth-order valence-corrected chi connectivity index (χ4v) is 3.68. The molecule has 1 fully saturated rings. The van der Waals surface area contributed by atoms with Crippen molar-refractivity contribution in [1.82, 2.24) is 5.32 Å². The summed E-state index contributed by atoms with van der Waals surface area (Å²) < 4.78 is 0. The van der Waals surface area contributed by atoms with Gasteiger partial charge in [0.2, 0.25) is 0 Å². The predicted octanol–water partition coefficient (Wildman–Crippen LogP) is 4.24. The molecule has 0 aliphatic heterocycles. The van der Waals surface area contributed by atoms with Crippen LogP contribution >= 0.6 is 11.3 Å². The van der Waals surface area contributed by atoms with Crippen LogP contribution in [-0.2, 0) is 6.42 Å². The van der Waals surface area contributed by atoms with Crippen molar-refractivity contribution in [3.63, 3.8) is 0 Å². The smallest absolute Gasteiger partial charge is 0.0108 e. The van der Waals surface area contributed by atoms with E-state index in [1.807, 2.05) is 11.3 Å². The predicted molar refractivity (Wildman–Crippen MR) is 76.7 cm³/mol. The van der Waals surface area contributed by atoms with E-state index < -0.39 is 0 Å². The van der Waals surface area contributed by atoms with Crippen molar-refractivity contribution in [3.05, 3.63) is 22.4 Å². The molecule has 1 unspecified atom stereocenters. The lowest BCUT2D eigenvalue weighted by Crippen LogP contribution is -2.31. The minimum absolute atomic E-state index is 0.690. The average molecular weight is 251 g/mol. The largest absolute Gasteiger partial charge is 0.314 e. The molecule has 1 heterocycles. The van der Waals surface area contributed by atoms with Crippen LogP contribution in [0.3, 0.4) is 0 Å². The number of thiophene rings is 1. The molecule has 0 spiro atoms.